The first-order chi connectivity index (χ1) is 7.60. The van der Waals surface area contributed by atoms with Crippen molar-refractivity contribution in [3.05, 3.63) is 0 Å². The van der Waals surface area contributed by atoms with E-state index in [1.165, 1.54) is 12.0 Å². The van der Waals surface area contributed by atoms with Crippen molar-refractivity contribution in [2.75, 3.05) is 33.4 Å². The molecule has 0 radical (unpaired) electrons. The number of likely N-dealkylation sites (tertiary alicyclic amines) is 1. The van der Waals surface area contributed by atoms with Crippen molar-refractivity contribution in [1.29, 1.82) is 0 Å². The number of esters is 1. The molecule has 0 aromatic rings. The highest BCUT2D eigenvalue weighted by atomic mass is 16.5. The van der Waals surface area contributed by atoms with Crippen molar-refractivity contribution in [1.82, 2.24) is 4.90 Å². The highest BCUT2D eigenvalue weighted by Crippen LogP contribution is 2.25. The summed E-state index contributed by atoms with van der Waals surface area (Å²) in [6, 6.07) is 0. The average molecular weight is 231 g/mol. The van der Waals surface area contributed by atoms with E-state index in [0.29, 0.717) is 19.8 Å². The molecule has 1 amide bonds. The fraction of sp³-hybridized carbons (Fsp3) is 0.800. The quantitative estimate of drug-likeness (QED) is 0.710. The Bertz CT molecular complexity index is 268. The fourth-order valence-electron chi connectivity index (χ4n) is 1.93. The fourth-order valence-corrected chi connectivity index (χ4v) is 1.93. The van der Waals surface area contributed by atoms with Crippen LogP contribution in [0.2, 0.25) is 0 Å². The van der Waals surface area contributed by atoms with Crippen LogP contribution in [0.5, 0.6) is 0 Å². The van der Waals surface area contributed by atoms with E-state index in [9.17, 15) is 9.59 Å². The lowest BCUT2D eigenvalue weighted by molar-refractivity contribution is -0.149. The Hall–Kier alpha value is -1.30. The summed E-state index contributed by atoms with van der Waals surface area (Å²) in [7, 11) is 1.53. The molecule has 1 heterocycles. The van der Waals surface area contributed by atoms with Crippen LogP contribution in [0, 0.1) is 11.8 Å². The monoisotopic (exact) mass is 231 g/mol. The summed E-state index contributed by atoms with van der Waals surface area (Å²) in [4.78, 5) is 23.6. The number of hydrogen-bond donors (Lipinski definition) is 1. The van der Waals surface area contributed by atoms with Crippen LogP contribution in [-0.4, -0.2) is 55.5 Å². The minimum atomic E-state index is -1.01. The zero-order valence-electron chi connectivity index (χ0n) is 9.51. The number of methoxy groups -OCH3 is 1. The second-order valence-electron chi connectivity index (χ2n) is 3.76. The first-order valence-electron chi connectivity index (χ1n) is 5.23. The van der Waals surface area contributed by atoms with E-state index in [-0.39, 0.29) is 18.4 Å². The number of nitrogens with zero attached hydrogens (tertiary/aromatic N) is 1. The molecular weight excluding hydrogens is 214 g/mol. The molecule has 1 fully saturated rings. The van der Waals surface area contributed by atoms with Crippen LogP contribution >= 0.6 is 0 Å². The Morgan fingerprint density at radius 3 is 2.62 bits per heavy atom. The van der Waals surface area contributed by atoms with Crippen LogP contribution in [0.3, 0.4) is 0 Å². The first kappa shape index (κ1) is 12.8. The van der Waals surface area contributed by atoms with Crippen molar-refractivity contribution in [3.8, 4) is 0 Å². The van der Waals surface area contributed by atoms with E-state index in [0.717, 1.165) is 0 Å². The summed E-state index contributed by atoms with van der Waals surface area (Å²) in [5, 5.41) is 8.86. The van der Waals surface area contributed by atoms with Crippen molar-refractivity contribution in [2.24, 2.45) is 11.8 Å². The zero-order chi connectivity index (χ0) is 12.1. The van der Waals surface area contributed by atoms with Gasteiger partial charge in [0, 0.05) is 26.1 Å². The zero-order valence-corrected chi connectivity index (χ0v) is 9.51. The highest BCUT2D eigenvalue weighted by molar-refractivity contribution is 5.75. The number of ether oxygens (including phenoxy) is 2. The maximum absolute atomic E-state index is 11.6. The van der Waals surface area contributed by atoms with E-state index in [2.05, 4.69) is 0 Å². The number of carbonyl (C=O) groups excluding carboxylic acids is 1. The van der Waals surface area contributed by atoms with Gasteiger partial charge in [-0.25, -0.2) is 4.79 Å². The molecule has 0 aromatic carbocycles. The summed E-state index contributed by atoms with van der Waals surface area (Å²) in [6.07, 6.45) is -1.01. The third-order valence-corrected chi connectivity index (χ3v) is 2.68. The van der Waals surface area contributed by atoms with E-state index in [4.69, 9.17) is 14.6 Å². The Labute approximate surface area is 94.1 Å². The topological polar surface area (TPSA) is 76.1 Å². The largest absolute Gasteiger partial charge is 0.466 e. The summed E-state index contributed by atoms with van der Waals surface area (Å²) in [5.74, 6) is -0.857. The molecule has 6 heteroatoms. The molecule has 6 nitrogen and oxygen atoms in total. The van der Waals surface area contributed by atoms with Gasteiger partial charge in [0.15, 0.2) is 0 Å². The highest BCUT2D eigenvalue weighted by Gasteiger charge is 2.40. The lowest BCUT2D eigenvalue weighted by Crippen LogP contribution is -2.29. The lowest BCUT2D eigenvalue weighted by atomic mass is 9.97. The van der Waals surface area contributed by atoms with Crippen LogP contribution < -0.4 is 0 Å². The summed E-state index contributed by atoms with van der Waals surface area (Å²) < 4.78 is 9.90. The molecule has 1 aliphatic rings. The van der Waals surface area contributed by atoms with Crippen molar-refractivity contribution in [2.45, 2.75) is 6.92 Å². The number of rotatable bonds is 4. The second kappa shape index (κ2) is 5.69. The number of hydrogen-bond acceptors (Lipinski definition) is 4. The maximum atomic E-state index is 11.6. The van der Waals surface area contributed by atoms with Crippen LogP contribution in [0.25, 0.3) is 0 Å². The molecule has 0 aliphatic carbocycles. The average Bonchev–Trinajstić information content (AvgIpc) is 2.63. The van der Waals surface area contributed by atoms with Gasteiger partial charge in [-0.05, 0) is 6.92 Å². The smallest absolute Gasteiger partial charge is 0.407 e. The van der Waals surface area contributed by atoms with Crippen molar-refractivity contribution < 1.29 is 24.2 Å². The molecule has 1 N–H and O–H groups in total. The van der Waals surface area contributed by atoms with E-state index in [1.807, 2.05) is 0 Å². The molecular formula is C10H17NO5. The summed E-state index contributed by atoms with van der Waals surface area (Å²) in [6.45, 7) is 2.93. The molecule has 0 saturated carbocycles. The maximum Gasteiger partial charge on any atom is 0.407 e. The minimum absolute atomic E-state index is 0.111. The van der Waals surface area contributed by atoms with Gasteiger partial charge < -0.3 is 19.5 Å². The molecule has 16 heavy (non-hydrogen) atoms. The lowest BCUT2D eigenvalue weighted by Gasteiger charge is -2.15. The van der Waals surface area contributed by atoms with Gasteiger partial charge in [-0.2, -0.15) is 0 Å². The van der Waals surface area contributed by atoms with Crippen molar-refractivity contribution in [3.63, 3.8) is 0 Å². The predicted octanol–water partition coefficient (Wildman–Crippen LogP) is 0.422. The predicted molar refractivity (Wildman–Crippen MR) is 55.1 cm³/mol. The van der Waals surface area contributed by atoms with Gasteiger partial charge in [0.2, 0.25) is 0 Å². The van der Waals surface area contributed by atoms with Gasteiger partial charge >= 0.3 is 12.1 Å². The Morgan fingerprint density at radius 1 is 1.44 bits per heavy atom. The van der Waals surface area contributed by atoms with E-state index in [1.54, 1.807) is 6.92 Å². The Morgan fingerprint density at radius 2 is 2.12 bits per heavy atom. The van der Waals surface area contributed by atoms with Crippen molar-refractivity contribution >= 4 is 12.1 Å². The molecule has 0 spiro atoms. The standard InChI is InChI=1S/C10H17NO5/c1-3-16-9(12)8-5-11(10(13)14)4-7(8)6-15-2/h7-8H,3-6H2,1-2H3,(H,13,14). The van der Waals surface area contributed by atoms with Crippen LogP contribution in [0.15, 0.2) is 0 Å². The van der Waals surface area contributed by atoms with Crippen LogP contribution in [0.1, 0.15) is 6.92 Å². The molecule has 1 aliphatic heterocycles. The SMILES string of the molecule is CCOC(=O)C1CN(C(=O)O)CC1COC. The van der Waals surface area contributed by atoms with Gasteiger partial charge in [0.1, 0.15) is 0 Å². The van der Waals surface area contributed by atoms with Gasteiger partial charge in [-0.1, -0.05) is 0 Å². The molecule has 92 valence electrons. The minimum Gasteiger partial charge on any atom is -0.466 e. The molecule has 0 bridgehead atoms. The Balaban J connectivity index is 2.65. The molecule has 0 aromatic heterocycles. The third-order valence-electron chi connectivity index (χ3n) is 2.68. The molecule has 2 unspecified atom stereocenters. The summed E-state index contributed by atoms with van der Waals surface area (Å²) in [5.41, 5.74) is 0. The van der Waals surface area contributed by atoms with Gasteiger partial charge in [0.25, 0.3) is 0 Å². The number of carboxylic acid groups (broad SMARTS) is 1. The van der Waals surface area contributed by atoms with Crippen LogP contribution in [0.4, 0.5) is 4.79 Å². The van der Waals surface area contributed by atoms with E-state index >= 15 is 0 Å². The number of amides is 1. The van der Waals surface area contributed by atoms with Gasteiger partial charge in [-0.15, -0.1) is 0 Å². The second-order valence-corrected chi connectivity index (χ2v) is 3.76. The normalized spacial score (nSPS) is 24.5. The molecule has 1 rings (SSSR count). The van der Waals surface area contributed by atoms with Gasteiger partial charge in [-0.3, -0.25) is 4.79 Å². The summed E-state index contributed by atoms with van der Waals surface area (Å²) >= 11 is 0. The first-order valence-corrected chi connectivity index (χ1v) is 5.23. The van der Waals surface area contributed by atoms with Gasteiger partial charge in [0.05, 0.1) is 19.1 Å². The van der Waals surface area contributed by atoms with Crippen LogP contribution in [-0.2, 0) is 14.3 Å². The molecule has 1 saturated heterocycles. The van der Waals surface area contributed by atoms with E-state index < -0.39 is 12.0 Å². The Kier molecular flexibility index (Phi) is 4.54. The molecule has 2 atom stereocenters. The number of carbonyl (C=O) groups is 2. The third kappa shape index (κ3) is 2.85.